The predicted molar refractivity (Wildman–Crippen MR) is 192 cm³/mol. The van der Waals surface area contributed by atoms with Gasteiger partial charge < -0.3 is 39.0 Å². The second-order valence-corrected chi connectivity index (χ2v) is 16.6. The van der Waals surface area contributed by atoms with E-state index in [4.69, 9.17) is 28.5 Å². The molecule has 0 radical (unpaired) electrons. The van der Waals surface area contributed by atoms with Crippen molar-refractivity contribution in [1.82, 2.24) is 15.3 Å². The maximum absolute atomic E-state index is 15.2. The lowest BCUT2D eigenvalue weighted by molar-refractivity contribution is -0.218. The first kappa shape index (κ1) is 36.9. The number of hydrogen-bond acceptors (Lipinski definition) is 13. The Bertz CT molecular complexity index is 1980. The van der Waals surface area contributed by atoms with Gasteiger partial charge in [-0.1, -0.05) is 62.4 Å². The summed E-state index contributed by atoms with van der Waals surface area (Å²) in [5, 5.41) is 13.6. The van der Waals surface area contributed by atoms with E-state index >= 15 is 4.79 Å². The van der Waals surface area contributed by atoms with E-state index in [0.717, 1.165) is 11.1 Å². The van der Waals surface area contributed by atoms with Gasteiger partial charge in [0.15, 0.2) is 11.8 Å². The third kappa shape index (κ3) is 6.02. The molecule has 5 saturated heterocycles. The van der Waals surface area contributed by atoms with Gasteiger partial charge in [0.25, 0.3) is 0 Å². The average molecular weight is 772 g/mol. The van der Waals surface area contributed by atoms with E-state index in [1.165, 1.54) is 11.1 Å². The molecule has 2 N–H and O–H groups in total. The van der Waals surface area contributed by atoms with Gasteiger partial charge in [0, 0.05) is 43.8 Å². The fourth-order valence-corrected chi connectivity index (χ4v) is 9.82. The van der Waals surface area contributed by atoms with Crippen molar-refractivity contribution in [3.05, 3.63) is 76.9 Å². The molecule has 2 bridgehead atoms. The zero-order valence-corrected chi connectivity index (χ0v) is 31.2. The van der Waals surface area contributed by atoms with Crippen molar-refractivity contribution in [2.24, 2.45) is 10.8 Å². The topological polar surface area (TPSA) is 179 Å². The minimum absolute atomic E-state index is 0.0568. The molecule has 56 heavy (non-hydrogen) atoms. The second kappa shape index (κ2) is 13.8. The van der Waals surface area contributed by atoms with E-state index in [1.54, 1.807) is 37.0 Å². The van der Waals surface area contributed by atoms with Gasteiger partial charge in [0.1, 0.15) is 42.5 Å². The Kier molecular flexibility index (Phi) is 9.08. The number of benzene rings is 2. The SMILES string of the molecule is CC1(C)COC(=O)[C@@H]1OC(=O)C=Cc1cccc(CN2O[C@@H]3[C@H]4OC5(Cc6ccccc6C5)O[C@H]4[C@@H]4C[C@]3(C(=O)N3CCC[C@@H]3C(=O)NCCO)[C@@H]2C(=O)O4)c1. The summed E-state index contributed by atoms with van der Waals surface area (Å²) in [4.78, 5) is 75.9. The molecule has 0 unspecified atom stereocenters. The first-order valence-electron chi connectivity index (χ1n) is 19.3. The number of aliphatic hydroxyl groups excluding tert-OH is 1. The van der Waals surface area contributed by atoms with E-state index in [1.807, 2.05) is 36.4 Å². The summed E-state index contributed by atoms with van der Waals surface area (Å²) in [7, 11) is 0. The molecule has 15 heteroatoms. The number of nitrogens with zero attached hydrogens (tertiary/aromatic N) is 2. The minimum atomic E-state index is -1.46. The first-order chi connectivity index (χ1) is 26.9. The van der Waals surface area contributed by atoms with Crippen LogP contribution < -0.4 is 5.32 Å². The summed E-state index contributed by atoms with van der Waals surface area (Å²) >= 11 is 0. The predicted octanol–water partition coefficient (Wildman–Crippen LogP) is 1.37. The molecule has 0 aromatic heterocycles. The van der Waals surface area contributed by atoms with Crippen LogP contribution in [0.15, 0.2) is 54.6 Å². The number of ether oxygens (including phenoxy) is 5. The molecule has 15 nitrogen and oxygen atoms in total. The smallest absolute Gasteiger partial charge is 0.348 e. The van der Waals surface area contributed by atoms with Gasteiger partial charge in [-0.25, -0.2) is 9.59 Å². The number of likely N-dealkylation sites (tertiary alicyclic amines) is 1. The van der Waals surface area contributed by atoms with Crippen LogP contribution in [0.2, 0.25) is 0 Å². The molecule has 2 aromatic rings. The number of esters is 3. The summed E-state index contributed by atoms with van der Waals surface area (Å²) in [6.07, 6.45) is 0.759. The zero-order chi connectivity index (χ0) is 39.0. The first-order valence-corrected chi connectivity index (χ1v) is 19.3. The number of carbonyl (C=O) groups excluding carboxylic acids is 5. The number of cyclic esters (lactones) is 1. The Morgan fingerprint density at radius 1 is 1.02 bits per heavy atom. The van der Waals surface area contributed by atoms with Crippen LogP contribution in [0.25, 0.3) is 6.08 Å². The van der Waals surface area contributed by atoms with Crippen molar-refractivity contribution in [3.63, 3.8) is 0 Å². The maximum atomic E-state index is 15.2. The van der Waals surface area contributed by atoms with Crippen LogP contribution in [0.3, 0.4) is 0 Å². The summed E-state index contributed by atoms with van der Waals surface area (Å²) in [6, 6.07) is 13.3. The van der Waals surface area contributed by atoms with Crippen molar-refractivity contribution >= 4 is 35.8 Å². The van der Waals surface area contributed by atoms with Crippen LogP contribution in [0.4, 0.5) is 0 Å². The van der Waals surface area contributed by atoms with Crippen LogP contribution in [0, 0.1) is 10.8 Å². The quantitative estimate of drug-likeness (QED) is 0.212. The Labute approximate surface area is 323 Å². The van der Waals surface area contributed by atoms with Crippen LogP contribution in [0.5, 0.6) is 0 Å². The normalized spacial score (nSPS) is 33.3. The maximum Gasteiger partial charge on any atom is 0.348 e. The van der Waals surface area contributed by atoms with Gasteiger partial charge in [-0.15, -0.1) is 0 Å². The van der Waals surface area contributed by atoms with Crippen LogP contribution in [-0.4, -0.2) is 119 Å². The Morgan fingerprint density at radius 2 is 1.79 bits per heavy atom. The molecule has 8 atom stereocenters. The summed E-state index contributed by atoms with van der Waals surface area (Å²) in [5.74, 6) is -3.65. The molecule has 296 valence electrons. The molecule has 5 heterocycles. The van der Waals surface area contributed by atoms with Crippen molar-refractivity contribution in [1.29, 1.82) is 0 Å². The van der Waals surface area contributed by atoms with E-state index in [0.29, 0.717) is 43.4 Å². The van der Waals surface area contributed by atoms with Crippen molar-refractivity contribution in [2.75, 3.05) is 26.3 Å². The lowest BCUT2D eigenvalue weighted by atomic mass is 9.62. The Hall–Kier alpha value is -4.67. The fraction of sp³-hybridized carbons (Fsp3) is 0.537. The van der Waals surface area contributed by atoms with Gasteiger partial charge in [-0.2, -0.15) is 5.06 Å². The van der Waals surface area contributed by atoms with Gasteiger partial charge in [0.05, 0.1) is 13.2 Å². The molecule has 7 aliphatic rings. The summed E-state index contributed by atoms with van der Waals surface area (Å²) in [5.41, 5.74) is 1.45. The average Bonchev–Trinajstić information content (AvgIpc) is 4.00. The standard InChI is InChI=1S/C41H45N3O12/c1-39(2)22-51-37(49)34(39)53-29(46)13-12-23-7-5-8-24(17-23)21-44-32-36(48)52-28-20-41(32,38(50)43-15-6-11-27(43)35(47)42-14-16-45)33(56-44)31-30(28)54-40(55-31)18-25-9-3-4-10-26(25)19-40/h3-5,7-10,12-13,17,27-28,30-34,45H,6,11,14-16,18-22H2,1-2H3,(H,42,47)/t27-,28+,30+,31+,32+,33-,34+,41+/m1/s1. The van der Waals surface area contributed by atoms with Gasteiger partial charge in [-0.05, 0) is 41.2 Å². The van der Waals surface area contributed by atoms with Crippen molar-refractivity contribution in [3.8, 4) is 0 Å². The van der Waals surface area contributed by atoms with E-state index in [9.17, 15) is 24.3 Å². The monoisotopic (exact) mass is 771 g/mol. The number of hydroxylamine groups is 2. The summed E-state index contributed by atoms with van der Waals surface area (Å²) < 4.78 is 30.2. The number of carbonyl (C=O) groups is 5. The molecule has 1 saturated carbocycles. The van der Waals surface area contributed by atoms with E-state index < -0.39 is 77.1 Å². The Balaban J connectivity index is 1.01. The molecular formula is C41H45N3O12. The molecule has 2 aliphatic carbocycles. The Morgan fingerprint density at radius 3 is 2.52 bits per heavy atom. The highest BCUT2D eigenvalue weighted by Crippen LogP contribution is 2.59. The van der Waals surface area contributed by atoms with Gasteiger partial charge in [0.2, 0.25) is 17.9 Å². The largest absolute Gasteiger partial charge is 0.462 e. The van der Waals surface area contributed by atoms with Crippen LogP contribution in [0.1, 0.15) is 55.4 Å². The molecule has 2 amide bonds. The van der Waals surface area contributed by atoms with Crippen LogP contribution >= 0.6 is 0 Å². The second-order valence-electron chi connectivity index (χ2n) is 16.6. The number of rotatable bonds is 9. The summed E-state index contributed by atoms with van der Waals surface area (Å²) in [6.45, 7) is 3.94. The van der Waals surface area contributed by atoms with Crippen LogP contribution in [-0.2, 0) is 71.9 Å². The lowest BCUT2D eigenvalue weighted by Gasteiger charge is -2.50. The minimum Gasteiger partial charge on any atom is -0.462 e. The fourth-order valence-electron chi connectivity index (χ4n) is 9.82. The molecule has 6 fully saturated rings. The number of amides is 2. The molecule has 2 aromatic carbocycles. The number of fused-ring (bicyclic) bond motifs is 5. The molecule has 9 rings (SSSR count). The molecule has 1 spiro atoms. The van der Waals surface area contributed by atoms with E-state index in [2.05, 4.69) is 5.32 Å². The van der Waals surface area contributed by atoms with Gasteiger partial charge in [-0.3, -0.25) is 19.2 Å². The highest BCUT2D eigenvalue weighted by Gasteiger charge is 2.77. The number of hydrogen-bond donors (Lipinski definition) is 2. The highest BCUT2D eigenvalue weighted by atomic mass is 16.8. The highest BCUT2D eigenvalue weighted by molar-refractivity contribution is 5.96. The molecule has 5 aliphatic heterocycles. The van der Waals surface area contributed by atoms with Crippen molar-refractivity contribution in [2.45, 2.75) is 101 Å². The van der Waals surface area contributed by atoms with Gasteiger partial charge >= 0.3 is 17.9 Å². The third-order valence-electron chi connectivity index (χ3n) is 12.4. The number of nitrogens with one attached hydrogen (secondary N) is 1. The lowest BCUT2D eigenvalue weighted by Crippen LogP contribution is -2.70. The van der Waals surface area contributed by atoms with E-state index in [-0.39, 0.29) is 44.5 Å². The number of aliphatic hydroxyl groups is 1. The van der Waals surface area contributed by atoms with Crippen molar-refractivity contribution < 1.29 is 57.6 Å². The third-order valence-corrected chi connectivity index (χ3v) is 12.4. The zero-order valence-electron chi connectivity index (χ0n) is 31.2. The molecular weight excluding hydrogens is 726 g/mol.